The van der Waals surface area contributed by atoms with Crippen molar-refractivity contribution in [2.45, 2.75) is 39.2 Å². The van der Waals surface area contributed by atoms with Crippen molar-refractivity contribution in [1.29, 1.82) is 0 Å². The predicted octanol–water partition coefficient (Wildman–Crippen LogP) is 2.83. The fourth-order valence-electron chi connectivity index (χ4n) is 2.43. The lowest BCUT2D eigenvalue weighted by Gasteiger charge is -2.32. The highest BCUT2D eigenvalue weighted by Crippen LogP contribution is 2.17. The van der Waals surface area contributed by atoms with Gasteiger partial charge in [-0.1, -0.05) is 6.92 Å². The van der Waals surface area contributed by atoms with Gasteiger partial charge < -0.3 is 10.2 Å². The molecule has 0 bridgehead atoms. The zero-order valence-corrected chi connectivity index (χ0v) is 12.7. The van der Waals surface area contributed by atoms with Crippen LogP contribution in [0.15, 0.2) is 10.7 Å². The molecule has 1 aliphatic rings. The van der Waals surface area contributed by atoms with E-state index in [4.69, 9.17) is 0 Å². The number of hydrogen-bond donors (Lipinski definition) is 1. The Hall–Kier alpha value is -0.680. The first-order valence-electron chi connectivity index (χ1n) is 6.67. The van der Waals surface area contributed by atoms with Crippen molar-refractivity contribution in [2.24, 2.45) is 0 Å². The Morgan fingerprint density at radius 2 is 2.11 bits per heavy atom. The lowest BCUT2D eigenvalue weighted by molar-refractivity contribution is 0.219. The molecule has 0 aliphatic carbocycles. The number of aryl methyl sites for hydroxylation is 1. The minimum atomic E-state index is 0.541. The lowest BCUT2D eigenvalue weighted by Crippen LogP contribution is -2.39. The van der Waals surface area contributed by atoms with Crippen molar-refractivity contribution in [3.05, 3.63) is 16.5 Å². The summed E-state index contributed by atoms with van der Waals surface area (Å²) in [6, 6.07) is 2.49. The summed E-state index contributed by atoms with van der Waals surface area (Å²) < 4.78 is 0.848. The van der Waals surface area contributed by atoms with Crippen LogP contribution in [0.2, 0.25) is 0 Å². The van der Waals surface area contributed by atoms with E-state index in [0.29, 0.717) is 6.04 Å². The Morgan fingerprint density at radius 1 is 1.39 bits per heavy atom. The maximum absolute atomic E-state index is 4.42. The molecule has 0 radical (unpaired) electrons. The molecular weight excluding hydrogens is 292 g/mol. The van der Waals surface area contributed by atoms with Crippen molar-refractivity contribution in [3.8, 4) is 0 Å². The van der Waals surface area contributed by atoms with E-state index in [0.717, 1.165) is 16.2 Å². The van der Waals surface area contributed by atoms with E-state index in [9.17, 15) is 0 Å². The number of nitrogens with zero attached hydrogens (tertiary/aromatic N) is 3. The Morgan fingerprint density at radius 3 is 2.72 bits per heavy atom. The number of anilines is 1. The van der Waals surface area contributed by atoms with Gasteiger partial charge in [-0.15, -0.1) is 0 Å². The van der Waals surface area contributed by atoms with E-state index in [1.165, 1.54) is 38.9 Å². The van der Waals surface area contributed by atoms with Crippen LogP contribution in [-0.2, 0) is 0 Å². The van der Waals surface area contributed by atoms with Crippen LogP contribution in [0.1, 0.15) is 32.0 Å². The smallest absolute Gasteiger partial charge is 0.131 e. The maximum Gasteiger partial charge on any atom is 0.131 e. The molecule has 1 aliphatic heterocycles. The standard InChI is InChI=1S/C13H21BrN4/c1-3-6-18-7-4-11(5-8-18)17-13-9-12(14)15-10(2)16-13/h9,11H,3-8H2,1-2H3,(H,15,16,17). The predicted molar refractivity (Wildman–Crippen MR) is 77.8 cm³/mol. The number of rotatable bonds is 4. The number of hydrogen-bond acceptors (Lipinski definition) is 4. The van der Waals surface area contributed by atoms with Gasteiger partial charge in [0, 0.05) is 25.2 Å². The van der Waals surface area contributed by atoms with Crippen molar-refractivity contribution < 1.29 is 0 Å². The van der Waals surface area contributed by atoms with E-state index < -0.39 is 0 Å². The molecule has 1 fully saturated rings. The monoisotopic (exact) mass is 312 g/mol. The van der Waals surface area contributed by atoms with Crippen LogP contribution in [0.5, 0.6) is 0 Å². The van der Waals surface area contributed by atoms with Crippen molar-refractivity contribution in [2.75, 3.05) is 25.0 Å². The number of likely N-dealkylation sites (tertiary alicyclic amines) is 1. The molecule has 0 amide bonds. The molecule has 0 saturated carbocycles. The highest BCUT2D eigenvalue weighted by molar-refractivity contribution is 9.10. The highest BCUT2D eigenvalue weighted by atomic mass is 79.9. The molecule has 18 heavy (non-hydrogen) atoms. The minimum Gasteiger partial charge on any atom is -0.367 e. The summed E-state index contributed by atoms with van der Waals surface area (Å²) in [5.41, 5.74) is 0. The fourth-order valence-corrected chi connectivity index (χ4v) is 2.90. The van der Waals surface area contributed by atoms with E-state index in [-0.39, 0.29) is 0 Å². The third-order valence-electron chi connectivity index (χ3n) is 3.29. The Labute approximate surface area is 117 Å². The second kappa shape index (κ2) is 6.48. The lowest BCUT2D eigenvalue weighted by atomic mass is 10.0. The minimum absolute atomic E-state index is 0.541. The molecule has 100 valence electrons. The molecule has 5 heteroatoms. The van der Waals surface area contributed by atoms with E-state index in [2.05, 4.69) is 43.0 Å². The molecule has 4 nitrogen and oxygen atoms in total. The Kier molecular flexibility index (Phi) is 4.95. The summed E-state index contributed by atoms with van der Waals surface area (Å²) >= 11 is 3.41. The van der Waals surface area contributed by atoms with Crippen molar-refractivity contribution in [1.82, 2.24) is 14.9 Å². The molecule has 1 N–H and O–H groups in total. The van der Waals surface area contributed by atoms with Gasteiger partial charge in [-0.2, -0.15) is 0 Å². The first-order valence-corrected chi connectivity index (χ1v) is 7.46. The van der Waals surface area contributed by atoms with Crippen LogP contribution >= 0.6 is 15.9 Å². The summed E-state index contributed by atoms with van der Waals surface area (Å²) in [4.78, 5) is 11.2. The second-order valence-corrected chi connectivity index (χ2v) is 5.70. The summed E-state index contributed by atoms with van der Waals surface area (Å²) in [5.74, 6) is 1.73. The zero-order valence-electron chi connectivity index (χ0n) is 11.1. The maximum atomic E-state index is 4.42. The molecule has 0 atom stereocenters. The molecule has 1 aromatic heterocycles. The normalized spacial score (nSPS) is 17.9. The molecular formula is C13H21BrN4. The number of aromatic nitrogens is 2. The van der Waals surface area contributed by atoms with Crippen LogP contribution in [0.25, 0.3) is 0 Å². The average molecular weight is 313 g/mol. The van der Waals surface area contributed by atoms with E-state index in [1.807, 2.05) is 13.0 Å². The van der Waals surface area contributed by atoms with Gasteiger partial charge in [-0.3, -0.25) is 0 Å². The summed E-state index contributed by atoms with van der Waals surface area (Å²) in [6.45, 7) is 7.77. The van der Waals surface area contributed by atoms with E-state index in [1.54, 1.807) is 0 Å². The van der Waals surface area contributed by atoms with Crippen LogP contribution in [0.4, 0.5) is 5.82 Å². The number of nitrogens with one attached hydrogen (secondary N) is 1. The van der Waals surface area contributed by atoms with Gasteiger partial charge in [0.25, 0.3) is 0 Å². The van der Waals surface area contributed by atoms with Crippen molar-refractivity contribution in [3.63, 3.8) is 0 Å². The van der Waals surface area contributed by atoms with Crippen LogP contribution in [-0.4, -0.2) is 40.5 Å². The zero-order chi connectivity index (χ0) is 13.0. The van der Waals surface area contributed by atoms with Crippen LogP contribution < -0.4 is 5.32 Å². The van der Waals surface area contributed by atoms with Gasteiger partial charge in [0.05, 0.1) is 0 Å². The largest absolute Gasteiger partial charge is 0.367 e. The van der Waals surface area contributed by atoms with Crippen molar-refractivity contribution >= 4 is 21.7 Å². The third kappa shape index (κ3) is 3.92. The van der Waals surface area contributed by atoms with Crippen LogP contribution in [0.3, 0.4) is 0 Å². The summed E-state index contributed by atoms with van der Waals surface area (Å²) in [6.07, 6.45) is 3.64. The second-order valence-electron chi connectivity index (χ2n) is 4.88. The van der Waals surface area contributed by atoms with Gasteiger partial charge in [0.15, 0.2) is 0 Å². The quantitative estimate of drug-likeness (QED) is 0.868. The molecule has 0 aromatic carbocycles. The molecule has 1 aromatic rings. The molecule has 1 saturated heterocycles. The summed E-state index contributed by atoms with van der Waals surface area (Å²) in [5, 5.41) is 3.52. The van der Waals surface area contributed by atoms with Gasteiger partial charge in [0.2, 0.25) is 0 Å². The third-order valence-corrected chi connectivity index (χ3v) is 3.69. The molecule has 2 heterocycles. The van der Waals surface area contributed by atoms with Crippen LogP contribution in [0, 0.1) is 6.92 Å². The Balaban J connectivity index is 1.87. The number of halogens is 1. The highest BCUT2D eigenvalue weighted by Gasteiger charge is 2.18. The number of piperidine rings is 1. The first-order chi connectivity index (χ1) is 8.67. The summed E-state index contributed by atoms with van der Waals surface area (Å²) in [7, 11) is 0. The van der Waals surface area contributed by atoms with Gasteiger partial charge in [-0.25, -0.2) is 9.97 Å². The van der Waals surface area contributed by atoms with Gasteiger partial charge in [-0.05, 0) is 48.7 Å². The van der Waals surface area contributed by atoms with E-state index >= 15 is 0 Å². The molecule has 0 spiro atoms. The topological polar surface area (TPSA) is 41.0 Å². The first kappa shape index (κ1) is 13.7. The fraction of sp³-hybridized carbons (Fsp3) is 0.692. The van der Waals surface area contributed by atoms with Gasteiger partial charge >= 0.3 is 0 Å². The SMILES string of the molecule is CCCN1CCC(Nc2cc(Br)nc(C)n2)CC1. The molecule has 2 rings (SSSR count). The van der Waals surface area contributed by atoms with Gasteiger partial charge in [0.1, 0.15) is 16.2 Å². The Bertz CT molecular complexity index is 368. The molecule has 0 unspecified atom stereocenters. The average Bonchev–Trinajstić information content (AvgIpc) is 2.31.